The summed E-state index contributed by atoms with van der Waals surface area (Å²) in [4.78, 5) is 17.1. The third-order valence-electron chi connectivity index (χ3n) is 5.10. The number of nitrogens with zero attached hydrogens (tertiary/aromatic N) is 2. The van der Waals surface area contributed by atoms with E-state index in [4.69, 9.17) is 4.98 Å². The van der Waals surface area contributed by atoms with E-state index in [0.717, 1.165) is 42.7 Å². The van der Waals surface area contributed by atoms with Gasteiger partial charge in [-0.2, -0.15) is 0 Å². The lowest BCUT2D eigenvalue weighted by Gasteiger charge is -2.14. The molecule has 3 rings (SSSR count). The van der Waals surface area contributed by atoms with E-state index < -0.39 is 0 Å². The molecule has 1 unspecified atom stereocenters. The SMILES string of the molecule is CCC(C)Cn1c(CCCNC(=O)c2ccc(C)cc2)nc2ccccc21. The molecule has 3 aromatic rings. The van der Waals surface area contributed by atoms with Crippen molar-refractivity contribution in [3.8, 4) is 0 Å². The summed E-state index contributed by atoms with van der Waals surface area (Å²) >= 11 is 0. The van der Waals surface area contributed by atoms with Gasteiger partial charge < -0.3 is 9.88 Å². The third kappa shape index (κ3) is 4.76. The summed E-state index contributed by atoms with van der Waals surface area (Å²) in [5.41, 5.74) is 4.13. The topological polar surface area (TPSA) is 46.9 Å². The number of aromatic nitrogens is 2. The van der Waals surface area contributed by atoms with Gasteiger partial charge in [-0.15, -0.1) is 0 Å². The van der Waals surface area contributed by atoms with Gasteiger partial charge >= 0.3 is 0 Å². The summed E-state index contributed by atoms with van der Waals surface area (Å²) in [6.45, 7) is 8.17. The third-order valence-corrected chi connectivity index (χ3v) is 5.10. The lowest BCUT2D eigenvalue weighted by Crippen LogP contribution is -2.25. The molecule has 0 aliphatic heterocycles. The summed E-state index contributed by atoms with van der Waals surface area (Å²) in [6.07, 6.45) is 2.89. The summed E-state index contributed by atoms with van der Waals surface area (Å²) in [6, 6.07) is 16.0. The molecule has 27 heavy (non-hydrogen) atoms. The first kappa shape index (κ1) is 19.2. The number of rotatable bonds is 8. The Balaban J connectivity index is 1.62. The Labute approximate surface area is 161 Å². The van der Waals surface area contributed by atoms with Crippen molar-refractivity contribution in [1.82, 2.24) is 14.9 Å². The lowest BCUT2D eigenvalue weighted by atomic mass is 10.1. The number of hydrogen-bond donors (Lipinski definition) is 1. The maximum absolute atomic E-state index is 12.2. The van der Waals surface area contributed by atoms with Crippen LogP contribution in [0.3, 0.4) is 0 Å². The molecule has 1 N–H and O–H groups in total. The fraction of sp³-hybridized carbons (Fsp3) is 0.391. The number of imidazole rings is 1. The van der Waals surface area contributed by atoms with Crippen molar-refractivity contribution in [2.45, 2.75) is 46.6 Å². The molecule has 0 spiro atoms. The number of fused-ring (bicyclic) bond motifs is 1. The monoisotopic (exact) mass is 363 g/mol. The van der Waals surface area contributed by atoms with Crippen LogP contribution in [0.4, 0.5) is 0 Å². The van der Waals surface area contributed by atoms with E-state index >= 15 is 0 Å². The van der Waals surface area contributed by atoms with Crippen molar-refractivity contribution >= 4 is 16.9 Å². The van der Waals surface area contributed by atoms with Crippen molar-refractivity contribution < 1.29 is 4.79 Å². The van der Waals surface area contributed by atoms with Crippen molar-refractivity contribution in [3.05, 3.63) is 65.5 Å². The number of aryl methyl sites for hydroxylation is 2. The van der Waals surface area contributed by atoms with Crippen LogP contribution < -0.4 is 5.32 Å². The smallest absolute Gasteiger partial charge is 0.251 e. The fourth-order valence-corrected chi connectivity index (χ4v) is 3.22. The van der Waals surface area contributed by atoms with Crippen LogP contribution in [0.2, 0.25) is 0 Å². The Bertz CT molecular complexity index is 896. The van der Waals surface area contributed by atoms with Crippen LogP contribution in [0.1, 0.15) is 48.4 Å². The predicted molar refractivity (Wildman–Crippen MR) is 111 cm³/mol. The number of carbonyl (C=O) groups excluding carboxylic acids is 1. The molecule has 1 atom stereocenters. The second kappa shape index (κ2) is 8.85. The van der Waals surface area contributed by atoms with E-state index in [1.165, 1.54) is 5.52 Å². The highest BCUT2D eigenvalue weighted by Gasteiger charge is 2.12. The van der Waals surface area contributed by atoms with E-state index in [-0.39, 0.29) is 5.91 Å². The molecule has 0 bridgehead atoms. The van der Waals surface area contributed by atoms with Gasteiger partial charge in [0.1, 0.15) is 5.82 Å². The lowest BCUT2D eigenvalue weighted by molar-refractivity contribution is 0.0953. The van der Waals surface area contributed by atoms with Crippen molar-refractivity contribution in [1.29, 1.82) is 0 Å². The molecule has 1 heterocycles. The van der Waals surface area contributed by atoms with E-state index in [1.54, 1.807) is 0 Å². The van der Waals surface area contributed by atoms with Gasteiger partial charge in [0.15, 0.2) is 0 Å². The van der Waals surface area contributed by atoms with Crippen LogP contribution in [0.5, 0.6) is 0 Å². The summed E-state index contributed by atoms with van der Waals surface area (Å²) in [7, 11) is 0. The maximum atomic E-state index is 12.2. The first-order valence-corrected chi connectivity index (χ1v) is 9.87. The highest BCUT2D eigenvalue weighted by molar-refractivity contribution is 5.94. The number of carbonyl (C=O) groups is 1. The molecule has 4 heteroatoms. The fourth-order valence-electron chi connectivity index (χ4n) is 3.22. The molecular weight excluding hydrogens is 334 g/mol. The van der Waals surface area contributed by atoms with Crippen molar-refractivity contribution in [2.24, 2.45) is 5.92 Å². The molecular formula is C23H29N3O. The zero-order valence-electron chi connectivity index (χ0n) is 16.5. The Kier molecular flexibility index (Phi) is 6.28. The summed E-state index contributed by atoms with van der Waals surface area (Å²) in [5.74, 6) is 1.71. The highest BCUT2D eigenvalue weighted by atomic mass is 16.1. The van der Waals surface area contributed by atoms with Gasteiger partial charge in [-0.1, -0.05) is 50.1 Å². The second-order valence-corrected chi connectivity index (χ2v) is 7.37. The highest BCUT2D eigenvalue weighted by Crippen LogP contribution is 2.19. The van der Waals surface area contributed by atoms with Gasteiger partial charge in [0.2, 0.25) is 0 Å². The molecule has 2 aromatic carbocycles. The Hall–Kier alpha value is -2.62. The molecule has 0 saturated carbocycles. The van der Waals surface area contributed by atoms with Crippen LogP contribution in [-0.4, -0.2) is 22.0 Å². The van der Waals surface area contributed by atoms with E-state index in [2.05, 4.69) is 41.9 Å². The molecule has 0 radical (unpaired) electrons. The molecule has 0 fully saturated rings. The predicted octanol–water partition coefficient (Wildman–Crippen LogP) is 4.75. The first-order chi connectivity index (χ1) is 13.1. The molecule has 0 aliphatic rings. The van der Waals surface area contributed by atoms with E-state index in [0.29, 0.717) is 18.0 Å². The molecule has 0 aliphatic carbocycles. The van der Waals surface area contributed by atoms with Gasteiger partial charge in [0.25, 0.3) is 5.91 Å². The number of nitrogens with one attached hydrogen (secondary N) is 1. The Morgan fingerprint density at radius 1 is 1.15 bits per heavy atom. The normalized spacial score (nSPS) is 12.3. The van der Waals surface area contributed by atoms with Crippen LogP contribution in [0, 0.1) is 12.8 Å². The standard InChI is InChI=1S/C23H29N3O/c1-4-17(2)16-26-21-9-6-5-8-20(21)25-22(26)10-7-15-24-23(27)19-13-11-18(3)12-14-19/h5-6,8-9,11-14,17H,4,7,10,15-16H2,1-3H3,(H,24,27). The van der Waals surface area contributed by atoms with Crippen LogP contribution in [0.25, 0.3) is 11.0 Å². The number of amides is 1. The zero-order chi connectivity index (χ0) is 19.2. The second-order valence-electron chi connectivity index (χ2n) is 7.37. The molecule has 4 nitrogen and oxygen atoms in total. The Morgan fingerprint density at radius 2 is 1.89 bits per heavy atom. The van der Waals surface area contributed by atoms with Crippen LogP contribution >= 0.6 is 0 Å². The first-order valence-electron chi connectivity index (χ1n) is 9.87. The number of benzene rings is 2. The van der Waals surface area contributed by atoms with Crippen LogP contribution in [-0.2, 0) is 13.0 Å². The van der Waals surface area contributed by atoms with Gasteiger partial charge in [-0.05, 0) is 43.5 Å². The minimum atomic E-state index is -0.0110. The molecule has 1 aromatic heterocycles. The van der Waals surface area contributed by atoms with Gasteiger partial charge in [-0.3, -0.25) is 4.79 Å². The quantitative estimate of drug-likeness (QED) is 0.587. The minimum absolute atomic E-state index is 0.0110. The Morgan fingerprint density at radius 3 is 2.63 bits per heavy atom. The van der Waals surface area contributed by atoms with Crippen molar-refractivity contribution in [3.63, 3.8) is 0 Å². The summed E-state index contributed by atoms with van der Waals surface area (Å²) in [5, 5.41) is 3.02. The number of hydrogen-bond acceptors (Lipinski definition) is 2. The molecule has 1 amide bonds. The van der Waals surface area contributed by atoms with E-state index in [9.17, 15) is 4.79 Å². The van der Waals surface area contributed by atoms with Crippen LogP contribution in [0.15, 0.2) is 48.5 Å². The average Bonchev–Trinajstić information content (AvgIpc) is 3.03. The van der Waals surface area contributed by atoms with Gasteiger partial charge in [-0.25, -0.2) is 4.98 Å². The maximum Gasteiger partial charge on any atom is 0.251 e. The summed E-state index contributed by atoms with van der Waals surface area (Å²) < 4.78 is 2.35. The molecule has 142 valence electrons. The number of para-hydroxylation sites is 2. The molecule has 0 saturated heterocycles. The largest absolute Gasteiger partial charge is 0.352 e. The van der Waals surface area contributed by atoms with Crippen molar-refractivity contribution in [2.75, 3.05) is 6.54 Å². The average molecular weight is 364 g/mol. The zero-order valence-corrected chi connectivity index (χ0v) is 16.5. The van der Waals surface area contributed by atoms with Gasteiger partial charge in [0.05, 0.1) is 11.0 Å². The minimum Gasteiger partial charge on any atom is -0.352 e. The van der Waals surface area contributed by atoms with Gasteiger partial charge in [0, 0.05) is 25.1 Å². The van der Waals surface area contributed by atoms with E-state index in [1.807, 2.05) is 37.3 Å².